The molecule has 1 aromatic heterocycles. The van der Waals surface area contributed by atoms with E-state index in [1.807, 2.05) is 45.0 Å². The summed E-state index contributed by atoms with van der Waals surface area (Å²) in [5.41, 5.74) is 1.68. The Kier molecular flexibility index (Phi) is 5.57. The maximum absolute atomic E-state index is 12.4. The lowest BCUT2D eigenvalue weighted by atomic mass is 10.2. The third kappa shape index (κ3) is 4.45. The Morgan fingerprint density at radius 1 is 1.22 bits per heavy atom. The average Bonchev–Trinajstić information content (AvgIpc) is 2.53. The van der Waals surface area contributed by atoms with E-state index in [0.717, 1.165) is 5.56 Å². The van der Waals surface area contributed by atoms with E-state index in [1.54, 1.807) is 25.4 Å². The normalized spacial score (nSPS) is 11.6. The zero-order valence-corrected chi connectivity index (χ0v) is 13.9. The number of hydrogen-bond donors (Lipinski definition) is 0. The minimum absolute atomic E-state index is 0.0886. The molecule has 0 atom stereocenters. The second-order valence-corrected chi connectivity index (χ2v) is 5.49. The second kappa shape index (κ2) is 7.63. The quantitative estimate of drug-likeness (QED) is 0.853. The molecular weight excluding hydrogens is 292 g/mol. The van der Waals surface area contributed by atoms with Crippen molar-refractivity contribution in [1.82, 2.24) is 4.57 Å². The number of pyridine rings is 1. The first-order valence-electron chi connectivity index (χ1n) is 7.53. The van der Waals surface area contributed by atoms with Crippen LogP contribution in [0.3, 0.4) is 0 Å². The fraction of sp³-hybridized carbons (Fsp3) is 0.333. The van der Waals surface area contributed by atoms with Crippen LogP contribution in [0.15, 0.2) is 47.6 Å². The van der Waals surface area contributed by atoms with Crippen LogP contribution in [0.5, 0.6) is 11.5 Å². The van der Waals surface area contributed by atoms with E-state index >= 15 is 0 Å². The van der Waals surface area contributed by atoms with Gasteiger partial charge in [0.25, 0.3) is 5.91 Å². The highest BCUT2D eigenvalue weighted by Crippen LogP contribution is 2.27. The van der Waals surface area contributed by atoms with Crippen molar-refractivity contribution in [2.24, 2.45) is 4.99 Å². The molecule has 5 heteroatoms. The van der Waals surface area contributed by atoms with Crippen LogP contribution in [0, 0.1) is 6.92 Å². The van der Waals surface area contributed by atoms with E-state index in [9.17, 15) is 4.79 Å². The predicted molar refractivity (Wildman–Crippen MR) is 89.0 cm³/mol. The van der Waals surface area contributed by atoms with Crippen molar-refractivity contribution >= 4 is 5.91 Å². The number of carbonyl (C=O) groups is 1. The molecule has 2 aromatic rings. The van der Waals surface area contributed by atoms with Gasteiger partial charge < -0.3 is 9.47 Å². The SMILES string of the molecule is COc1cc(C)ccc1OCC(=O)n1ccccc1=NC(C)C. The van der Waals surface area contributed by atoms with Crippen molar-refractivity contribution < 1.29 is 14.3 Å². The number of benzene rings is 1. The van der Waals surface area contributed by atoms with Crippen LogP contribution in [-0.4, -0.2) is 30.2 Å². The minimum Gasteiger partial charge on any atom is -0.493 e. The van der Waals surface area contributed by atoms with Crippen LogP contribution in [0.25, 0.3) is 0 Å². The van der Waals surface area contributed by atoms with Crippen molar-refractivity contribution in [1.29, 1.82) is 0 Å². The first-order chi connectivity index (χ1) is 11.0. The standard InChI is InChI=1S/C18H22N2O3/c1-13(2)19-17-7-5-6-10-20(17)18(21)12-23-15-9-8-14(3)11-16(15)22-4/h5-11,13H,12H2,1-4H3. The molecule has 1 aromatic carbocycles. The highest BCUT2D eigenvalue weighted by molar-refractivity contribution is 5.80. The Labute approximate surface area is 136 Å². The molecule has 0 aliphatic heterocycles. The molecule has 122 valence electrons. The van der Waals surface area contributed by atoms with E-state index in [2.05, 4.69) is 4.99 Å². The number of hydrogen-bond acceptors (Lipinski definition) is 4. The molecule has 0 unspecified atom stereocenters. The van der Waals surface area contributed by atoms with E-state index in [1.165, 1.54) is 4.57 Å². The largest absolute Gasteiger partial charge is 0.493 e. The summed E-state index contributed by atoms with van der Waals surface area (Å²) >= 11 is 0. The van der Waals surface area contributed by atoms with Gasteiger partial charge in [-0.15, -0.1) is 0 Å². The van der Waals surface area contributed by atoms with E-state index in [-0.39, 0.29) is 18.6 Å². The van der Waals surface area contributed by atoms with Crippen molar-refractivity contribution in [3.63, 3.8) is 0 Å². The third-order valence-corrected chi connectivity index (χ3v) is 3.17. The Balaban J connectivity index is 2.18. The molecule has 0 radical (unpaired) electrons. The summed E-state index contributed by atoms with van der Waals surface area (Å²) in [7, 11) is 1.58. The smallest absolute Gasteiger partial charge is 0.270 e. The van der Waals surface area contributed by atoms with Gasteiger partial charge in [0.15, 0.2) is 18.1 Å². The predicted octanol–water partition coefficient (Wildman–Crippen LogP) is 2.83. The van der Waals surface area contributed by atoms with Crippen LogP contribution < -0.4 is 15.0 Å². The fourth-order valence-electron chi connectivity index (χ4n) is 2.12. The molecule has 0 fully saturated rings. The Morgan fingerprint density at radius 3 is 2.70 bits per heavy atom. The average molecular weight is 314 g/mol. The molecular formula is C18H22N2O3. The van der Waals surface area contributed by atoms with Crippen molar-refractivity contribution in [3.05, 3.63) is 53.6 Å². The summed E-state index contributed by atoms with van der Waals surface area (Å²) < 4.78 is 12.4. The van der Waals surface area contributed by atoms with Crippen LogP contribution in [0.1, 0.15) is 24.2 Å². The van der Waals surface area contributed by atoms with Gasteiger partial charge in [-0.1, -0.05) is 12.1 Å². The van der Waals surface area contributed by atoms with Crippen molar-refractivity contribution in [2.45, 2.75) is 26.8 Å². The molecule has 2 rings (SSSR count). The van der Waals surface area contributed by atoms with Crippen molar-refractivity contribution in [2.75, 3.05) is 13.7 Å². The molecule has 5 nitrogen and oxygen atoms in total. The van der Waals surface area contributed by atoms with Gasteiger partial charge in [0, 0.05) is 12.2 Å². The summed E-state index contributed by atoms with van der Waals surface area (Å²) in [6.45, 7) is 5.82. The lowest BCUT2D eigenvalue weighted by Crippen LogP contribution is -2.31. The molecule has 1 heterocycles. The van der Waals surface area contributed by atoms with Gasteiger partial charge in [0.05, 0.1) is 7.11 Å². The van der Waals surface area contributed by atoms with Gasteiger partial charge in [-0.2, -0.15) is 0 Å². The molecule has 0 saturated carbocycles. The summed E-state index contributed by atoms with van der Waals surface area (Å²) in [6, 6.07) is 11.2. The molecule has 0 aliphatic rings. The number of ether oxygens (including phenoxy) is 2. The summed E-state index contributed by atoms with van der Waals surface area (Å²) in [5, 5.41) is 0. The zero-order chi connectivity index (χ0) is 16.8. The maximum atomic E-state index is 12.4. The zero-order valence-electron chi connectivity index (χ0n) is 13.9. The minimum atomic E-state index is -0.187. The van der Waals surface area contributed by atoms with Gasteiger partial charge in [0.2, 0.25) is 0 Å². The lowest BCUT2D eigenvalue weighted by molar-refractivity contribution is 0.0829. The van der Waals surface area contributed by atoms with Crippen LogP contribution >= 0.6 is 0 Å². The van der Waals surface area contributed by atoms with E-state index in [4.69, 9.17) is 9.47 Å². The molecule has 0 N–H and O–H groups in total. The molecule has 0 saturated heterocycles. The number of carbonyl (C=O) groups excluding carboxylic acids is 1. The highest BCUT2D eigenvalue weighted by atomic mass is 16.5. The maximum Gasteiger partial charge on any atom is 0.270 e. The molecule has 0 bridgehead atoms. The van der Waals surface area contributed by atoms with Crippen LogP contribution in [-0.2, 0) is 0 Å². The van der Waals surface area contributed by atoms with Gasteiger partial charge in [-0.05, 0) is 50.6 Å². The van der Waals surface area contributed by atoms with Gasteiger partial charge in [0.1, 0.15) is 5.49 Å². The monoisotopic (exact) mass is 314 g/mol. The second-order valence-electron chi connectivity index (χ2n) is 5.49. The number of aryl methyl sites for hydroxylation is 1. The van der Waals surface area contributed by atoms with Gasteiger partial charge in [-0.3, -0.25) is 14.4 Å². The van der Waals surface area contributed by atoms with Crippen LogP contribution in [0.4, 0.5) is 0 Å². The summed E-state index contributed by atoms with van der Waals surface area (Å²) in [6.07, 6.45) is 1.69. The van der Waals surface area contributed by atoms with Gasteiger partial charge in [-0.25, -0.2) is 0 Å². The van der Waals surface area contributed by atoms with Gasteiger partial charge >= 0.3 is 0 Å². The third-order valence-electron chi connectivity index (χ3n) is 3.17. The van der Waals surface area contributed by atoms with Crippen molar-refractivity contribution in [3.8, 4) is 11.5 Å². The molecule has 23 heavy (non-hydrogen) atoms. The molecule has 0 spiro atoms. The van der Waals surface area contributed by atoms with E-state index < -0.39 is 0 Å². The first-order valence-corrected chi connectivity index (χ1v) is 7.53. The Hall–Kier alpha value is -2.56. The number of methoxy groups -OCH3 is 1. The highest BCUT2D eigenvalue weighted by Gasteiger charge is 2.10. The number of rotatable bonds is 5. The topological polar surface area (TPSA) is 52.8 Å². The fourth-order valence-corrected chi connectivity index (χ4v) is 2.12. The van der Waals surface area contributed by atoms with Crippen LogP contribution in [0.2, 0.25) is 0 Å². The summed E-state index contributed by atoms with van der Waals surface area (Å²) in [4.78, 5) is 16.9. The number of nitrogens with zero attached hydrogens (tertiary/aromatic N) is 2. The molecule has 0 amide bonds. The van der Waals surface area contributed by atoms with E-state index in [0.29, 0.717) is 17.0 Å². The molecule has 0 aliphatic carbocycles. The summed E-state index contributed by atoms with van der Waals surface area (Å²) in [5.74, 6) is 0.973. The lowest BCUT2D eigenvalue weighted by Gasteiger charge is -2.12. The Bertz CT molecular complexity index is 748. The Morgan fingerprint density at radius 2 is 2.00 bits per heavy atom. The number of aromatic nitrogens is 1. The first kappa shape index (κ1) is 16.8.